The van der Waals surface area contributed by atoms with Gasteiger partial charge >= 0.3 is 0 Å². The van der Waals surface area contributed by atoms with E-state index in [4.69, 9.17) is 0 Å². The molecule has 5 nitrogen and oxygen atoms in total. The van der Waals surface area contributed by atoms with Crippen LogP contribution in [0, 0.1) is 21.8 Å². The zero-order chi connectivity index (χ0) is 17.5. The molecule has 1 atom stereocenters. The van der Waals surface area contributed by atoms with Gasteiger partial charge in [-0.15, -0.1) is 0 Å². The van der Waals surface area contributed by atoms with Crippen LogP contribution in [0.5, 0.6) is 0 Å². The Balaban J connectivity index is 2.14. The molecule has 128 valence electrons. The Morgan fingerprint density at radius 1 is 1.54 bits per heavy atom. The highest BCUT2D eigenvalue weighted by Gasteiger charge is 2.21. The van der Waals surface area contributed by atoms with E-state index in [0.29, 0.717) is 12.1 Å². The molecule has 0 saturated carbocycles. The third kappa shape index (κ3) is 4.95. The molecule has 1 aliphatic heterocycles. The molecule has 1 fully saturated rings. The van der Waals surface area contributed by atoms with Crippen molar-refractivity contribution in [3.8, 4) is 6.07 Å². The zero-order valence-corrected chi connectivity index (χ0v) is 15.9. The molecule has 1 amide bonds. The van der Waals surface area contributed by atoms with E-state index in [2.05, 4.69) is 27.9 Å². The number of anilines is 1. The van der Waals surface area contributed by atoms with Crippen LogP contribution >= 0.6 is 22.6 Å². The van der Waals surface area contributed by atoms with Gasteiger partial charge in [-0.25, -0.2) is 0 Å². The van der Waals surface area contributed by atoms with E-state index < -0.39 is 5.91 Å². The van der Waals surface area contributed by atoms with Gasteiger partial charge in [0.15, 0.2) is 0 Å². The number of aliphatic hydroxyl groups is 1. The molecule has 0 spiro atoms. The maximum atomic E-state index is 12.4. The monoisotopic (exact) mass is 439 g/mol. The van der Waals surface area contributed by atoms with Gasteiger partial charge in [-0.3, -0.25) is 4.79 Å². The molecule has 2 rings (SSSR count). The Hall–Kier alpha value is -1.59. The number of benzene rings is 1. The molecule has 2 N–H and O–H groups in total. The Bertz CT molecular complexity index is 665. The van der Waals surface area contributed by atoms with Gasteiger partial charge in [0, 0.05) is 34.7 Å². The molecule has 1 saturated heterocycles. The van der Waals surface area contributed by atoms with Crippen LogP contribution < -0.4 is 5.32 Å². The summed E-state index contributed by atoms with van der Waals surface area (Å²) in [7, 11) is 0. The van der Waals surface area contributed by atoms with Gasteiger partial charge in [-0.05, 0) is 79.0 Å². The van der Waals surface area contributed by atoms with Crippen LogP contribution in [0.2, 0.25) is 0 Å². The highest BCUT2D eigenvalue weighted by Crippen LogP contribution is 2.22. The summed E-state index contributed by atoms with van der Waals surface area (Å²) in [5.74, 6) is -0.393. The first-order chi connectivity index (χ1) is 11.5. The Morgan fingerprint density at radius 3 is 3.00 bits per heavy atom. The number of amides is 1. The number of piperidine rings is 1. The first-order valence-electron chi connectivity index (χ1n) is 8.11. The lowest BCUT2D eigenvalue weighted by molar-refractivity contribution is -0.112. The summed E-state index contributed by atoms with van der Waals surface area (Å²) >= 11 is 2.22. The summed E-state index contributed by atoms with van der Waals surface area (Å²) < 4.78 is 1.10. The number of likely N-dealkylation sites (tertiary alicyclic amines) is 1. The number of hydrogen-bond donors (Lipinski definition) is 2. The molecule has 0 aliphatic carbocycles. The Kier molecular flexibility index (Phi) is 7.06. The number of hydrogen-bond acceptors (Lipinski definition) is 4. The summed E-state index contributed by atoms with van der Waals surface area (Å²) in [6.45, 7) is 2.85. The van der Waals surface area contributed by atoms with Crippen molar-refractivity contribution in [3.63, 3.8) is 0 Å². The number of nitrogens with one attached hydrogen (secondary N) is 1. The minimum atomic E-state index is -0.393. The van der Waals surface area contributed by atoms with Gasteiger partial charge in [0.25, 0.3) is 5.91 Å². The quantitative estimate of drug-likeness (QED) is 0.420. The summed E-state index contributed by atoms with van der Waals surface area (Å²) in [4.78, 5) is 14.5. The molecule has 1 aromatic rings. The SMILES string of the molecule is Cc1cc(I)ccc1NC(=O)/C(C#N)=C\N1CCCCC1CCO. The molecule has 1 aromatic carbocycles. The van der Waals surface area contributed by atoms with Crippen molar-refractivity contribution in [1.29, 1.82) is 5.26 Å². The van der Waals surface area contributed by atoms with Crippen molar-refractivity contribution in [2.24, 2.45) is 0 Å². The molecule has 0 bridgehead atoms. The number of carbonyl (C=O) groups excluding carboxylic acids is 1. The number of carbonyl (C=O) groups is 1. The molecule has 1 aliphatic rings. The number of halogens is 1. The molecular weight excluding hydrogens is 417 g/mol. The average Bonchev–Trinajstić information content (AvgIpc) is 2.56. The van der Waals surface area contributed by atoms with Crippen LogP contribution in [-0.4, -0.2) is 35.1 Å². The lowest BCUT2D eigenvalue weighted by Crippen LogP contribution is -2.37. The van der Waals surface area contributed by atoms with Crippen LogP contribution in [0.1, 0.15) is 31.2 Å². The van der Waals surface area contributed by atoms with Gasteiger partial charge < -0.3 is 15.3 Å². The second-order valence-electron chi connectivity index (χ2n) is 5.97. The van der Waals surface area contributed by atoms with Gasteiger partial charge in [0.05, 0.1) is 0 Å². The third-order valence-corrected chi connectivity index (χ3v) is 4.90. The Morgan fingerprint density at radius 2 is 2.33 bits per heavy atom. The normalized spacial score (nSPS) is 18.2. The topological polar surface area (TPSA) is 76.4 Å². The fourth-order valence-corrected chi connectivity index (χ4v) is 3.56. The highest BCUT2D eigenvalue weighted by atomic mass is 127. The van der Waals surface area contributed by atoms with Crippen LogP contribution in [0.4, 0.5) is 5.69 Å². The van der Waals surface area contributed by atoms with Crippen molar-refractivity contribution in [2.45, 2.75) is 38.6 Å². The highest BCUT2D eigenvalue weighted by molar-refractivity contribution is 14.1. The van der Waals surface area contributed by atoms with Gasteiger partial charge in [-0.1, -0.05) is 0 Å². The molecule has 0 radical (unpaired) electrons. The summed E-state index contributed by atoms with van der Waals surface area (Å²) in [5, 5.41) is 21.4. The second kappa shape index (κ2) is 9.04. The lowest BCUT2D eigenvalue weighted by atomic mass is 10.00. The maximum Gasteiger partial charge on any atom is 0.267 e. The van der Waals surface area contributed by atoms with E-state index in [1.54, 1.807) is 6.20 Å². The standard InChI is InChI=1S/C18H22IN3O2/c1-13-10-15(19)5-6-17(13)21-18(24)14(11-20)12-22-8-3-2-4-16(22)7-9-23/h5-6,10,12,16,23H,2-4,7-9H2,1H3,(H,21,24)/b14-12-. The number of nitriles is 1. The first-order valence-corrected chi connectivity index (χ1v) is 9.19. The van der Waals surface area contributed by atoms with E-state index in [9.17, 15) is 15.2 Å². The second-order valence-corrected chi connectivity index (χ2v) is 7.21. The van der Waals surface area contributed by atoms with Crippen LogP contribution in [0.3, 0.4) is 0 Å². The first kappa shape index (κ1) is 18.7. The number of aryl methyl sites for hydroxylation is 1. The molecule has 1 unspecified atom stereocenters. The number of rotatable bonds is 5. The molecule has 0 aromatic heterocycles. The average molecular weight is 439 g/mol. The summed E-state index contributed by atoms with van der Waals surface area (Å²) in [5.41, 5.74) is 1.77. The lowest BCUT2D eigenvalue weighted by Gasteiger charge is -2.34. The van der Waals surface area contributed by atoms with Crippen molar-refractivity contribution in [3.05, 3.63) is 39.1 Å². The predicted octanol–water partition coefficient (Wildman–Crippen LogP) is 3.18. The molecule has 6 heteroatoms. The molecule has 24 heavy (non-hydrogen) atoms. The van der Waals surface area contributed by atoms with E-state index in [0.717, 1.165) is 34.9 Å². The van der Waals surface area contributed by atoms with Crippen LogP contribution in [-0.2, 0) is 4.79 Å². The Labute approximate surface area is 156 Å². The van der Waals surface area contributed by atoms with Crippen molar-refractivity contribution in [2.75, 3.05) is 18.5 Å². The van der Waals surface area contributed by atoms with Gasteiger partial charge in [0.2, 0.25) is 0 Å². The minimum absolute atomic E-state index is 0.0952. The van der Waals surface area contributed by atoms with Crippen LogP contribution in [0.15, 0.2) is 30.0 Å². The predicted molar refractivity (Wildman–Crippen MR) is 102 cm³/mol. The number of aliphatic hydroxyl groups excluding tert-OH is 1. The smallest absolute Gasteiger partial charge is 0.267 e. The summed E-state index contributed by atoms with van der Waals surface area (Å²) in [6.07, 6.45) is 5.44. The van der Waals surface area contributed by atoms with Gasteiger partial charge in [-0.2, -0.15) is 5.26 Å². The fraction of sp³-hybridized carbons (Fsp3) is 0.444. The van der Waals surface area contributed by atoms with E-state index in [1.165, 1.54) is 0 Å². The third-order valence-electron chi connectivity index (χ3n) is 4.23. The number of nitrogens with zero attached hydrogens (tertiary/aromatic N) is 2. The fourth-order valence-electron chi connectivity index (χ4n) is 2.91. The summed E-state index contributed by atoms with van der Waals surface area (Å²) in [6, 6.07) is 7.94. The van der Waals surface area contributed by atoms with Gasteiger partial charge in [0.1, 0.15) is 11.6 Å². The molecular formula is C18H22IN3O2. The largest absolute Gasteiger partial charge is 0.396 e. The zero-order valence-electron chi connectivity index (χ0n) is 13.8. The van der Waals surface area contributed by atoms with Crippen molar-refractivity contribution >= 4 is 34.2 Å². The maximum absolute atomic E-state index is 12.4. The van der Waals surface area contributed by atoms with Crippen molar-refractivity contribution < 1.29 is 9.90 Å². The van der Waals surface area contributed by atoms with Crippen LogP contribution in [0.25, 0.3) is 0 Å². The van der Waals surface area contributed by atoms with Crippen molar-refractivity contribution in [1.82, 2.24) is 4.90 Å². The van der Waals surface area contributed by atoms with E-state index >= 15 is 0 Å². The van der Waals surface area contributed by atoms with E-state index in [-0.39, 0.29) is 18.2 Å². The minimum Gasteiger partial charge on any atom is -0.396 e. The van der Waals surface area contributed by atoms with E-state index in [1.807, 2.05) is 36.1 Å². The molecule has 1 heterocycles.